The van der Waals surface area contributed by atoms with Crippen LogP contribution in [0.5, 0.6) is 0 Å². The zero-order valence-corrected chi connectivity index (χ0v) is 12.9. The second kappa shape index (κ2) is 5.66. The molecular formula is C16H22N2O4. The van der Waals surface area contributed by atoms with E-state index in [1.54, 1.807) is 6.92 Å². The van der Waals surface area contributed by atoms with Gasteiger partial charge < -0.3 is 18.9 Å². The first kappa shape index (κ1) is 14.2. The van der Waals surface area contributed by atoms with Gasteiger partial charge in [0.2, 0.25) is 0 Å². The summed E-state index contributed by atoms with van der Waals surface area (Å²) in [6.07, 6.45) is 6.14. The molecule has 2 saturated carbocycles. The van der Waals surface area contributed by atoms with E-state index in [-0.39, 0.29) is 24.2 Å². The van der Waals surface area contributed by atoms with Gasteiger partial charge in [-0.3, -0.25) is 4.79 Å². The fraction of sp³-hybridized carbons (Fsp3) is 0.750. The Morgan fingerprint density at radius 3 is 3.00 bits per heavy atom. The number of aryl methyl sites for hydroxylation is 1. The molecule has 3 fully saturated rings. The number of aromatic nitrogens is 1. The van der Waals surface area contributed by atoms with Crippen LogP contribution >= 0.6 is 0 Å². The van der Waals surface area contributed by atoms with Crippen molar-refractivity contribution in [3.8, 4) is 0 Å². The number of fused-ring (bicyclic) bond motifs is 1. The number of carbonyl (C=O) groups is 1. The fourth-order valence-corrected chi connectivity index (χ4v) is 3.55. The molecule has 0 bridgehead atoms. The van der Waals surface area contributed by atoms with Gasteiger partial charge in [-0.1, -0.05) is 5.16 Å². The molecule has 1 aromatic heterocycles. The Labute approximate surface area is 129 Å². The predicted octanol–water partition coefficient (Wildman–Crippen LogP) is 1.78. The maximum absolute atomic E-state index is 12.7. The summed E-state index contributed by atoms with van der Waals surface area (Å²) in [5.74, 6) is 1.33. The van der Waals surface area contributed by atoms with Crippen LogP contribution in [0, 0.1) is 12.8 Å². The molecule has 22 heavy (non-hydrogen) atoms. The highest BCUT2D eigenvalue weighted by Gasteiger charge is 2.45. The van der Waals surface area contributed by atoms with E-state index in [4.69, 9.17) is 14.0 Å². The van der Waals surface area contributed by atoms with E-state index in [1.165, 1.54) is 19.0 Å². The lowest BCUT2D eigenvalue weighted by molar-refractivity contribution is -0.106. The van der Waals surface area contributed by atoms with E-state index in [0.717, 1.165) is 25.4 Å². The van der Waals surface area contributed by atoms with E-state index >= 15 is 0 Å². The summed E-state index contributed by atoms with van der Waals surface area (Å²) in [6, 6.07) is 0.111. The van der Waals surface area contributed by atoms with Crippen molar-refractivity contribution in [2.75, 3.05) is 19.8 Å². The molecule has 3 atom stereocenters. The molecule has 0 spiro atoms. The number of morpholine rings is 1. The Bertz CT molecular complexity index is 554. The van der Waals surface area contributed by atoms with Crippen molar-refractivity contribution in [2.24, 2.45) is 5.92 Å². The van der Waals surface area contributed by atoms with Crippen molar-refractivity contribution in [3.05, 3.63) is 17.5 Å². The third-order valence-corrected chi connectivity index (χ3v) is 5.02. The van der Waals surface area contributed by atoms with Crippen LogP contribution in [0.4, 0.5) is 0 Å². The second-order valence-corrected chi connectivity index (χ2v) is 6.59. The Morgan fingerprint density at radius 2 is 2.27 bits per heavy atom. The Morgan fingerprint density at radius 1 is 1.41 bits per heavy atom. The molecular weight excluding hydrogens is 284 g/mol. The van der Waals surface area contributed by atoms with Crippen LogP contribution in [0.2, 0.25) is 0 Å². The average Bonchev–Trinajstić information content (AvgIpc) is 3.11. The van der Waals surface area contributed by atoms with Crippen molar-refractivity contribution in [1.29, 1.82) is 0 Å². The molecule has 3 aliphatic rings. The first-order chi connectivity index (χ1) is 10.7. The molecule has 0 aromatic carbocycles. The van der Waals surface area contributed by atoms with Crippen molar-refractivity contribution in [1.82, 2.24) is 10.1 Å². The third kappa shape index (κ3) is 2.54. The van der Waals surface area contributed by atoms with Crippen molar-refractivity contribution in [3.63, 3.8) is 0 Å². The van der Waals surface area contributed by atoms with Crippen LogP contribution in [0.1, 0.15) is 41.8 Å². The minimum atomic E-state index is -0.0000992. The van der Waals surface area contributed by atoms with Crippen LogP contribution in [0.25, 0.3) is 0 Å². The largest absolute Gasteiger partial charge is 0.375 e. The highest BCUT2D eigenvalue weighted by atomic mass is 16.5. The molecule has 1 aromatic rings. The van der Waals surface area contributed by atoms with Gasteiger partial charge in [-0.2, -0.15) is 0 Å². The third-order valence-electron chi connectivity index (χ3n) is 5.02. The molecule has 1 saturated heterocycles. The zero-order valence-electron chi connectivity index (χ0n) is 12.9. The molecule has 120 valence electrons. The lowest BCUT2D eigenvalue weighted by Crippen LogP contribution is -2.54. The number of hydrogen-bond acceptors (Lipinski definition) is 5. The molecule has 1 amide bonds. The maximum atomic E-state index is 12.7. The lowest BCUT2D eigenvalue weighted by atomic mass is 10.1. The van der Waals surface area contributed by atoms with Gasteiger partial charge in [-0.15, -0.1) is 0 Å². The summed E-state index contributed by atoms with van der Waals surface area (Å²) >= 11 is 0. The van der Waals surface area contributed by atoms with Gasteiger partial charge in [-0.25, -0.2) is 0 Å². The first-order valence-corrected chi connectivity index (χ1v) is 8.19. The minimum Gasteiger partial charge on any atom is -0.375 e. The number of carbonyl (C=O) groups excluding carboxylic acids is 1. The Hall–Kier alpha value is -1.40. The number of amides is 1. The lowest BCUT2D eigenvalue weighted by Gasteiger charge is -2.39. The smallest absolute Gasteiger partial charge is 0.259 e. The Kier molecular flexibility index (Phi) is 3.66. The summed E-state index contributed by atoms with van der Waals surface area (Å²) < 4.78 is 17.0. The highest BCUT2D eigenvalue weighted by Crippen LogP contribution is 2.35. The SMILES string of the molecule is Cc1oncc1C(=O)N1CCO[C@H]2[C@H](OCC3CC3)CC[C@@H]21. The summed E-state index contributed by atoms with van der Waals surface area (Å²) in [4.78, 5) is 14.7. The molecule has 0 unspecified atom stereocenters. The number of ether oxygens (including phenoxy) is 2. The summed E-state index contributed by atoms with van der Waals surface area (Å²) in [6.45, 7) is 3.81. The summed E-state index contributed by atoms with van der Waals surface area (Å²) in [7, 11) is 0. The van der Waals surface area contributed by atoms with Crippen molar-refractivity contribution >= 4 is 5.91 Å². The van der Waals surface area contributed by atoms with E-state index in [9.17, 15) is 4.79 Å². The highest BCUT2D eigenvalue weighted by molar-refractivity contribution is 5.95. The topological polar surface area (TPSA) is 64.8 Å². The average molecular weight is 306 g/mol. The van der Waals surface area contributed by atoms with E-state index in [2.05, 4.69) is 5.16 Å². The maximum Gasteiger partial charge on any atom is 0.259 e. The van der Waals surface area contributed by atoms with Gasteiger partial charge in [0.15, 0.2) is 0 Å². The molecule has 1 aliphatic heterocycles. The number of nitrogens with zero attached hydrogens (tertiary/aromatic N) is 2. The molecule has 0 radical (unpaired) electrons. The van der Waals surface area contributed by atoms with Crippen LogP contribution in [-0.4, -0.2) is 54.0 Å². The molecule has 0 N–H and O–H groups in total. The van der Waals surface area contributed by atoms with Gasteiger partial charge >= 0.3 is 0 Å². The van der Waals surface area contributed by atoms with Crippen LogP contribution in [0.15, 0.2) is 10.7 Å². The predicted molar refractivity (Wildman–Crippen MR) is 77.5 cm³/mol. The zero-order chi connectivity index (χ0) is 15.1. The van der Waals surface area contributed by atoms with E-state index < -0.39 is 0 Å². The van der Waals surface area contributed by atoms with E-state index in [0.29, 0.717) is 24.5 Å². The normalized spacial score (nSPS) is 31.3. The molecule has 6 heteroatoms. The van der Waals surface area contributed by atoms with Gasteiger partial charge in [0.05, 0.1) is 24.9 Å². The summed E-state index contributed by atoms with van der Waals surface area (Å²) in [5, 5.41) is 3.72. The van der Waals surface area contributed by atoms with Gasteiger partial charge in [0.25, 0.3) is 5.91 Å². The second-order valence-electron chi connectivity index (χ2n) is 6.59. The van der Waals surface area contributed by atoms with Crippen molar-refractivity contribution < 1.29 is 18.8 Å². The van der Waals surface area contributed by atoms with E-state index in [1.807, 2.05) is 4.90 Å². The fourth-order valence-electron chi connectivity index (χ4n) is 3.55. The van der Waals surface area contributed by atoms with Crippen molar-refractivity contribution in [2.45, 2.75) is 50.9 Å². The van der Waals surface area contributed by atoms with Gasteiger partial charge in [-0.05, 0) is 38.5 Å². The Balaban J connectivity index is 1.45. The molecule has 2 aliphatic carbocycles. The molecule has 4 rings (SSSR count). The molecule has 2 heterocycles. The quantitative estimate of drug-likeness (QED) is 0.848. The molecule has 6 nitrogen and oxygen atoms in total. The van der Waals surface area contributed by atoms with Crippen LogP contribution in [-0.2, 0) is 9.47 Å². The monoisotopic (exact) mass is 306 g/mol. The van der Waals surface area contributed by atoms with Gasteiger partial charge in [0.1, 0.15) is 17.4 Å². The number of rotatable bonds is 4. The minimum absolute atomic E-state index is 0.0000992. The van der Waals surface area contributed by atoms with Gasteiger partial charge in [0, 0.05) is 13.2 Å². The number of hydrogen-bond donors (Lipinski definition) is 0. The van der Waals surface area contributed by atoms with Crippen LogP contribution in [0.3, 0.4) is 0 Å². The first-order valence-electron chi connectivity index (χ1n) is 8.19. The standard InChI is InChI=1S/C16H22N2O4/c1-10-12(8-17-22-10)16(19)18-6-7-20-15-13(18)4-5-14(15)21-9-11-2-3-11/h8,11,13-15H,2-7,9H2,1H3/t13-,14+,15+/m0/s1. The van der Waals surface area contributed by atoms with Crippen LogP contribution < -0.4 is 0 Å². The summed E-state index contributed by atoms with van der Waals surface area (Å²) in [5.41, 5.74) is 0.558.